The van der Waals surface area contributed by atoms with Crippen LogP contribution in [-0.4, -0.2) is 18.4 Å². The van der Waals surface area contributed by atoms with E-state index in [0.29, 0.717) is 5.56 Å². The van der Waals surface area contributed by atoms with E-state index in [1.807, 2.05) is 12.1 Å². The Morgan fingerprint density at radius 1 is 1.06 bits per heavy atom. The number of rotatable bonds is 3. The Bertz CT molecular complexity index is 609. The largest absolute Gasteiger partial charge is 0.265 e. The zero-order valence-electron chi connectivity index (χ0n) is 9.07. The summed E-state index contributed by atoms with van der Waals surface area (Å²) in [6.07, 6.45) is 9.68. The van der Waals surface area contributed by atoms with E-state index in [-0.39, 0.29) is 5.75 Å². The molecule has 0 aliphatic rings. The summed E-state index contributed by atoms with van der Waals surface area (Å²) in [5, 5.41) is 0. The fraction of sp³-hybridized carbons (Fsp3) is 0.0833. The lowest BCUT2D eigenvalue weighted by molar-refractivity contribution is 0.603. The van der Waals surface area contributed by atoms with E-state index < -0.39 is 9.84 Å². The monoisotopic (exact) mass is 247 g/mol. The summed E-state index contributed by atoms with van der Waals surface area (Å²) in [5.74, 6) is -0.0901. The Morgan fingerprint density at radius 2 is 1.71 bits per heavy atom. The molecule has 2 rings (SSSR count). The molecule has 87 valence electrons. The number of hydrogen-bond donors (Lipinski definition) is 0. The summed E-state index contributed by atoms with van der Waals surface area (Å²) in [7, 11) is -3.30. The van der Waals surface area contributed by atoms with Crippen LogP contribution in [0, 0.1) is 6.26 Å². The summed E-state index contributed by atoms with van der Waals surface area (Å²) in [4.78, 5) is 7.94. The fourth-order valence-corrected chi connectivity index (χ4v) is 2.30. The molecule has 17 heavy (non-hydrogen) atoms. The van der Waals surface area contributed by atoms with Gasteiger partial charge in [-0.3, -0.25) is 9.97 Å². The first kappa shape index (κ1) is 11.7. The molecule has 0 bridgehead atoms. The van der Waals surface area contributed by atoms with Gasteiger partial charge in [-0.25, -0.2) is 8.42 Å². The highest BCUT2D eigenvalue weighted by Crippen LogP contribution is 2.23. The topological polar surface area (TPSA) is 59.9 Å². The Labute approximate surface area is 100 Å². The standard InChI is InChI=1S/C12H11N2O2S/c1-17(15,16)9-11-4-7-14-8-12(11)10-2-5-13-6-3-10/h2-8H,1,9H2. The Balaban J connectivity index is 2.49. The molecule has 0 atom stereocenters. The van der Waals surface area contributed by atoms with E-state index in [0.717, 1.165) is 11.1 Å². The van der Waals surface area contributed by atoms with Gasteiger partial charge in [0.1, 0.15) is 0 Å². The van der Waals surface area contributed by atoms with Crippen molar-refractivity contribution in [2.24, 2.45) is 0 Å². The van der Waals surface area contributed by atoms with Crippen molar-refractivity contribution in [1.82, 2.24) is 9.97 Å². The van der Waals surface area contributed by atoms with Gasteiger partial charge in [0.2, 0.25) is 0 Å². The van der Waals surface area contributed by atoms with Gasteiger partial charge in [-0.15, -0.1) is 0 Å². The SMILES string of the molecule is [CH2]S(=O)(=O)Cc1ccncc1-c1ccncc1. The fourth-order valence-electron chi connectivity index (χ4n) is 1.58. The molecule has 0 saturated heterocycles. The van der Waals surface area contributed by atoms with Crippen molar-refractivity contribution < 1.29 is 8.42 Å². The van der Waals surface area contributed by atoms with Gasteiger partial charge < -0.3 is 0 Å². The summed E-state index contributed by atoms with van der Waals surface area (Å²) >= 11 is 0. The summed E-state index contributed by atoms with van der Waals surface area (Å²) in [5.41, 5.74) is 2.38. The van der Waals surface area contributed by atoms with Crippen LogP contribution in [0.25, 0.3) is 11.1 Å². The molecule has 2 heterocycles. The van der Waals surface area contributed by atoms with Crippen LogP contribution in [0.2, 0.25) is 0 Å². The smallest absolute Gasteiger partial charge is 0.155 e. The molecule has 2 aromatic heterocycles. The third-order valence-corrected chi connectivity index (χ3v) is 3.03. The van der Waals surface area contributed by atoms with Crippen LogP contribution in [0.1, 0.15) is 5.56 Å². The minimum absolute atomic E-state index is 0.0901. The second-order valence-corrected chi connectivity index (χ2v) is 5.43. The van der Waals surface area contributed by atoms with Crippen LogP contribution in [0.5, 0.6) is 0 Å². The van der Waals surface area contributed by atoms with Crippen molar-refractivity contribution in [3.63, 3.8) is 0 Å². The predicted molar refractivity (Wildman–Crippen MR) is 65.4 cm³/mol. The molecule has 4 nitrogen and oxygen atoms in total. The van der Waals surface area contributed by atoms with Gasteiger partial charge in [-0.1, -0.05) is 0 Å². The zero-order valence-corrected chi connectivity index (χ0v) is 9.89. The molecule has 0 saturated carbocycles. The molecule has 0 unspecified atom stereocenters. The van der Waals surface area contributed by atoms with Gasteiger partial charge in [0.25, 0.3) is 0 Å². The third kappa shape index (κ3) is 3.10. The van der Waals surface area contributed by atoms with Gasteiger partial charge in [-0.2, -0.15) is 0 Å². The van der Waals surface area contributed by atoms with Crippen LogP contribution in [0.15, 0.2) is 43.0 Å². The Morgan fingerprint density at radius 3 is 2.35 bits per heavy atom. The molecular formula is C12H11N2O2S. The van der Waals surface area contributed by atoms with E-state index >= 15 is 0 Å². The minimum atomic E-state index is -3.30. The summed E-state index contributed by atoms with van der Waals surface area (Å²) in [6.45, 7) is 0. The molecule has 5 heteroatoms. The predicted octanol–water partition coefficient (Wildman–Crippen LogP) is 1.85. The minimum Gasteiger partial charge on any atom is -0.265 e. The average molecular weight is 247 g/mol. The van der Waals surface area contributed by atoms with Crippen molar-refractivity contribution in [3.8, 4) is 11.1 Å². The number of hydrogen-bond acceptors (Lipinski definition) is 4. The first-order chi connectivity index (χ1) is 8.06. The summed E-state index contributed by atoms with van der Waals surface area (Å²) in [6, 6.07) is 5.32. The highest BCUT2D eigenvalue weighted by Gasteiger charge is 2.10. The molecule has 0 spiro atoms. The van der Waals surface area contributed by atoms with E-state index in [9.17, 15) is 8.42 Å². The third-order valence-electron chi connectivity index (χ3n) is 2.28. The van der Waals surface area contributed by atoms with Crippen molar-refractivity contribution in [2.75, 3.05) is 0 Å². The number of pyridine rings is 2. The maximum absolute atomic E-state index is 11.2. The highest BCUT2D eigenvalue weighted by molar-refractivity contribution is 7.91. The second kappa shape index (κ2) is 4.63. The number of aromatic nitrogens is 2. The highest BCUT2D eigenvalue weighted by atomic mass is 32.2. The maximum atomic E-state index is 11.2. The van der Waals surface area contributed by atoms with Crippen LogP contribution < -0.4 is 0 Å². The van der Waals surface area contributed by atoms with Crippen molar-refractivity contribution in [3.05, 3.63) is 54.8 Å². The number of nitrogens with zero attached hydrogens (tertiary/aromatic N) is 2. The molecule has 0 aromatic carbocycles. The lowest BCUT2D eigenvalue weighted by atomic mass is 10.0. The van der Waals surface area contributed by atoms with Gasteiger partial charge >= 0.3 is 0 Å². The van der Waals surface area contributed by atoms with Gasteiger partial charge in [0.05, 0.1) is 12.0 Å². The first-order valence-corrected chi connectivity index (χ1v) is 6.77. The zero-order chi connectivity index (χ0) is 12.3. The molecule has 0 aliphatic carbocycles. The maximum Gasteiger partial charge on any atom is 0.155 e. The second-order valence-electron chi connectivity index (χ2n) is 3.66. The van der Waals surface area contributed by atoms with Crippen molar-refractivity contribution in [1.29, 1.82) is 0 Å². The molecule has 0 aliphatic heterocycles. The van der Waals surface area contributed by atoms with Gasteiger partial charge in [0.15, 0.2) is 9.84 Å². The van der Waals surface area contributed by atoms with Crippen molar-refractivity contribution in [2.45, 2.75) is 5.75 Å². The molecule has 2 aromatic rings. The quantitative estimate of drug-likeness (QED) is 0.830. The van der Waals surface area contributed by atoms with E-state index in [2.05, 4.69) is 16.2 Å². The Kier molecular flexibility index (Phi) is 3.19. The van der Waals surface area contributed by atoms with Gasteiger partial charge in [-0.05, 0) is 29.3 Å². The Hall–Kier alpha value is -1.75. The first-order valence-electron chi connectivity index (χ1n) is 4.95. The summed E-state index contributed by atoms with van der Waals surface area (Å²) < 4.78 is 22.5. The van der Waals surface area contributed by atoms with E-state index in [1.54, 1.807) is 30.9 Å². The average Bonchev–Trinajstić information content (AvgIpc) is 2.29. The molecule has 1 radical (unpaired) electrons. The molecule has 0 amide bonds. The molecule has 0 N–H and O–H groups in total. The molecule has 0 fully saturated rings. The van der Waals surface area contributed by atoms with Crippen LogP contribution in [0.3, 0.4) is 0 Å². The number of sulfone groups is 1. The van der Waals surface area contributed by atoms with E-state index in [4.69, 9.17) is 0 Å². The van der Waals surface area contributed by atoms with Crippen LogP contribution >= 0.6 is 0 Å². The lowest BCUT2D eigenvalue weighted by Gasteiger charge is -2.07. The van der Waals surface area contributed by atoms with E-state index in [1.165, 1.54) is 0 Å². The normalized spacial score (nSPS) is 11.4. The molecular weight excluding hydrogens is 236 g/mol. The lowest BCUT2D eigenvalue weighted by Crippen LogP contribution is -2.00. The van der Waals surface area contributed by atoms with Crippen LogP contribution in [0.4, 0.5) is 0 Å². The van der Waals surface area contributed by atoms with Crippen LogP contribution in [-0.2, 0) is 15.6 Å². The van der Waals surface area contributed by atoms with Crippen molar-refractivity contribution >= 4 is 9.84 Å². The van der Waals surface area contributed by atoms with Gasteiger partial charge in [0, 0.05) is 30.4 Å².